The van der Waals surface area contributed by atoms with Gasteiger partial charge in [0.1, 0.15) is 17.3 Å². The molecule has 1 aromatic heterocycles. The molecule has 0 aliphatic carbocycles. The molecule has 0 spiro atoms. The van der Waals surface area contributed by atoms with E-state index in [1.807, 2.05) is 0 Å². The molecular weight excluding hydrogens is 311 g/mol. The number of hydrogen-bond acceptors (Lipinski definition) is 5. The van der Waals surface area contributed by atoms with Gasteiger partial charge in [-0.3, -0.25) is 4.79 Å². The molecule has 128 valence electrons. The minimum absolute atomic E-state index is 0.242. The molecule has 2 N–H and O–H groups in total. The number of nitrogens with one attached hydrogen (secondary N) is 2. The molecule has 0 fully saturated rings. The zero-order valence-corrected chi connectivity index (χ0v) is 13.6. The van der Waals surface area contributed by atoms with Crippen molar-refractivity contribution >= 4 is 11.7 Å². The first kappa shape index (κ1) is 17.8. The normalized spacial score (nSPS) is 10.4. The second-order valence-electron chi connectivity index (χ2n) is 5.19. The summed E-state index contributed by atoms with van der Waals surface area (Å²) in [6.45, 7) is 1.78. The van der Waals surface area contributed by atoms with Gasteiger partial charge in [0.2, 0.25) is 0 Å². The summed E-state index contributed by atoms with van der Waals surface area (Å²) in [6, 6.07) is 6.38. The second kappa shape index (κ2) is 9.57. The van der Waals surface area contributed by atoms with Crippen molar-refractivity contribution in [1.82, 2.24) is 15.3 Å². The van der Waals surface area contributed by atoms with E-state index in [1.54, 1.807) is 19.2 Å². The van der Waals surface area contributed by atoms with E-state index in [4.69, 9.17) is 4.74 Å². The van der Waals surface area contributed by atoms with E-state index in [1.165, 1.54) is 24.5 Å². The average Bonchev–Trinajstić information content (AvgIpc) is 2.61. The van der Waals surface area contributed by atoms with Gasteiger partial charge in [-0.15, -0.1) is 0 Å². The van der Waals surface area contributed by atoms with Crippen molar-refractivity contribution in [3.8, 4) is 0 Å². The number of rotatable bonds is 9. The lowest BCUT2D eigenvalue weighted by Gasteiger charge is -2.07. The number of nitrogens with zero attached hydrogens (tertiary/aromatic N) is 2. The molecule has 2 rings (SSSR count). The van der Waals surface area contributed by atoms with Crippen molar-refractivity contribution in [3.05, 3.63) is 53.7 Å². The van der Waals surface area contributed by atoms with Crippen molar-refractivity contribution in [3.63, 3.8) is 0 Å². The van der Waals surface area contributed by atoms with Gasteiger partial charge in [0, 0.05) is 26.8 Å². The number of ether oxygens (including phenoxy) is 1. The minimum Gasteiger partial charge on any atom is -0.385 e. The Bertz CT molecular complexity index is 632. The Morgan fingerprint density at radius 3 is 2.62 bits per heavy atom. The van der Waals surface area contributed by atoms with Crippen LogP contribution in [0.1, 0.15) is 22.5 Å². The van der Waals surface area contributed by atoms with Gasteiger partial charge in [-0.25, -0.2) is 14.4 Å². The first-order chi connectivity index (χ1) is 11.7. The summed E-state index contributed by atoms with van der Waals surface area (Å²) in [4.78, 5) is 20.1. The summed E-state index contributed by atoms with van der Waals surface area (Å²) < 4.78 is 17.7. The maximum Gasteiger partial charge on any atom is 0.271 e. The van der Waals surface area contributed by atoms with Gasteiger partial charge in [0.25, 0.3) is 5.91 Å². The Balaban J connectivity index is 1.75. The summed E-state index contributed by atoms with van der Waals surface area (Å²) >= 11 is 0. The molecule has 24 heavy (non-hydrogen) atoms. The zero-order valence-electron chi connectivity index (χ0n) is 13.6. The van der Waals surface area contributed by atoms with Crippen LogP contribution in [0.3, 0.4) is 0 Å². The number of benzene rings is 1. The summed E-state index contributed by atoms with van der Waals surface area (Å²) in [7, 11) is 1.62. The number of halogens is 1. The highest BCUT2D eigenvalue weighted by atomic mass is 19.1. The Hall–Kier alpha value is -2.54. The van der Waals surface area contributed by atoms with E-state index in [-0.39, 0.29) is 17.4 Å². The molecule has 7 heteroatoms. The fourth-order valence-corrected chi connectivity index (χ4v) is 2.03. The van der Waals surface area contributed by atoms with E-state index in [2.05, 4.69) is 20.6 Å². The Morgan fingerprint density at radius 1 is 1.17 bits per heavy atom. The Morgan fingerprint density at radius 2 is 1.96 bits per heavy atom. The monoisotopic (exact) mass is 332 g/mol. The van der Waals surface area contributed by atoms with E-state index < -0.39 is 0 Å². The fourth-order valence-electron chi connectivity index (χ4n) is 2.03. The largest absolute Gasteiger partial charge is 0.385 e. The van der Waals surface area contributed by atoms with Crippen molar-refractivity contribution in [2.75, 3.05) is 32.1 Å². The molecule has 0 bridgehead atoms. The predicted octanol–water partition coefficient (Wildman–Crippen LogP) is 2.04. The topological polar surface area (TPSA) is 76.1 Å². The van der Waals surface area contributed by atoms with Crippen LogP contribution in [0, 0.1) is 5.82 Å². The molecule has 0 radical (unpaired) electrons. The second-order valence-corrected chi connectivity index (χ2v) is 5.19. The van der Waals surface area contributed by atoms with Gasteiger partial charge in [-0.1, -0.05) is 12.1 Å². The van der Waals surface area contributed by atoms with E-state index in [9.17, 15) is 9.18 Å². The molecule has 2 aromatic rings. The number of methoxy groups -OCH3 is 1. The van der Waals surface area contributed by atoms with Crippen LogP contribution in [-0.2, 0) is 11.2 Å². The first-order valence-corrected chi connectivity index (χ1v) is 7.76. The van der Waals surface area contributed by atoms with Gasteiger partial charge < -0.3 is 15.4 Å². The molecule has 1 aromatic carbocycles. The van der Waals surface area contributed by atoms with Gasteiger partial charge >= 0.3 is 0 Å². The Kier molecular flexibility index (Phi) is 7.10. The molecule has 0 aliphatic heterocycles. The van der Waals surface area contributed by atoms with Gasteiger partial charge in [-0.05, 0) is 30.5 Å². The number of anilines is 1. The molecule has 6 nitrogen and oxygen atoms in total. The quantitative estimate of drug-likeness (QED) is 0.687. The fraction of sp³-hybridized carbons (Fsp3) is 0.353. The van der Waals surface area contributed by atoms with Crippen LogP contribution in [0.15, 0.2) is 36.7 Å². The van der Waals surface area contributed by atoms with Gasteiger partial charge in [0.15, 0.2) is 0 Å². The first-order valence-electron chi connectivity index (χ1n) is 7.76. The Labute approximate surface area is 140 Å². The van der Waals surface area contributed by atoms with Crippen LogP contribution >= 0.6 is 0 Å². The van der Waals surface area contributed by atoms with Crippen LogP contribution in [0.25, 0.3) is 0 Å². The minimum atomic E-state index is -0.253. The maximum atomic E-state index is 12.8. The van der Waals surface area contributed by atoms with Crippen LogP contribution in [-0.4, -0.2) is 42.7 Å². The highest BCUT2D eigenvalue weighted by molar-refractivity contribution is 5.91. The highest BCUT2D eigenvalue weighted by Gasteiger charge is 2.07. The van der Waals surface area contributed by atoms with Gasteiger partial charge in [0.05, 0.1) is 12.4 Å². The predicted molar refractivity (Wildman–Crippen MR) is 89.5 cm³/mol. The van der Waals surface area contributed by atoms with E-state index in [0.717, 1.165) is 18.4 Å². The molecule has 0 saturated carbocycles. The zero-order chi connectivity index (χ0) is 17.2. The van der Waals surface area contributed by atoms with Crippen molar-refractivity contribution in [1.29, 1.82) is 0 Å². The van der Waals surface area contributed by atoms with Crippen LogP contribution in [0.5, 0.6) is 0 Å². The van der Waals surface area contributed by atoms with Crippen molar-refractivity contribution in [2.45, 2.75) is 12.8 Å². The maximum absolute atomic E-state index is 12.8. The molecule has 0 aliphatic rings. The smallest absolute Gasteiger partial charge is 0.271 e. The summed E-state index contributed by atoms with van der Waals surface area (Å²) in [6.07, 6.45) is 4.45. The molecule has 1 amide bonds. The third kappa shape index (κ3) is 5.92. The number of amides is 1. The molecule has 0 saturated heterocycles. The number of aromatic nitrogens is 2. The molecular formula is C17H21FN4O2. The van der Waals surface area contributed by atoms with E-state index in [0.29, 0.717) is 25.5 Å². The lowest BCUT2D eigenvalue weighted by molar-refractivity contribution is 0.0943. The van der Waals surface area contributed by atoms with Crippen molar-refractivity contribution < 1.29 is 13.9 Å². The number of carbonyl (C=O) groups is 1. The SMILES string of the molecule is COCCCNC(=O)c1cnc(NCCc2ccc(F)cc2)cn1. The lowest BCUT2D eigenvalue weighted by Crippen LogP contribution is -2.26. The molecule has 1 heterocycles. The summed E-state index contributed by atoms with van der Waals surface area (Å²) in [5, 5.41) is 5.87. The summed E-state index contributed by atoms with van der Waals surface area (Å²) in [5.74, 6) is 0.0955. The van der Waals surface area contributed by atoms with Crippen LogP contribution in [0.4, 0.5) is 10.2 Å². The average molecular weight is 332 g/mol. The molecule has 0 unspecified atom stereocenters. The molecule has 0 atom stereocenters. The lowest BCUT2D eigenvalue weighted by atomic mass is 10.1. The van der Waals surface area contributed by atoms with Gasteiger partial charge in [-0.2, -0.15) is 0 Å². The third-order valence-electron chi connectivity index (χ3n) is 3.33. The number of carbonyl (C=O) groups excluding carboxylic acids is 1. The van der Waals surface area contributed by atoms with Crippen LogP contribution in [0.2, 0.25) is 0 Å². The highest BCUT2D eigenvalue weighted by Crippen LogP contribution is 2.05. The number of hydrogen-bond donors (Lipinski definition) is 2. The van der Waals surface area contributed by atoms with Crippen LogP contribution < -0.4 is 10.6 Å². The van der Waals surface area contributed by atoms with E-state index >= 15 is 0 Å². The third-order valence-corrected chi connectivity index (χ3v) is 3.33. The summed E-state index contributed by atoms with van der Waals surface area (Å²) in [5.41, 5.74) is 1.31. The standard InChI is InChI=1S/C17H21FN4O2/c1-24-10-2-8-20-17(23)15-11-22-16(12-21-15)19-9-7-13-3-5-14(18)6-4-13/h3-6,11-12H,2,7-10H2,1H3,(H,19,22)(H,20,23). The van der Waals surface area contributed by atoms with Crippen molar-refractivity contribution in [2.24, 2.45) is 0 Å².